The lowest BCUT2D eigenvalue weighted by molar-refractivity contribution is -0.139. The van der Waals surface area contributed by atoms with Crippen LogP contribution in [0.5, 0.6) is 0 Å². The van der Waals surface area contributed by atoms with Crippen LogP contribution >= 0.6 is 0 Å². The van der Waals surface area contributed by atoms with Gasteiger partial charge in [0.25, 0.3) is 11.7 Å². The molecule has 1 N–H and O–H groups in total. The van der Waals surface area contributed by atoms with Crippen molar-refractivity contribution in [2.24, 2.45) is 0 Å². The van der Waals surface area contributed by atoms with Crippen molar-refractivity contribution in [2.75, 3.05) is 6.54 Å². The summed E-state index contributed by atoms with van der Waals surface area (Å²) in [5.41, 5.74) is 2.88. The van der Waals surface area contributed by atoms with Crippen molar-refractivity contribution in [3.05, 3.63) is 76.1 Å². The second-order valence-corrected chi connectivity index (χ2v) is 9.53. The average molecular weight is 438 g/mol. The molecule has 0 spiro atoms. The Morgan fingerprint density at radius 2 is 1.72 bits per heavy atom. The molecule has 0 bridgehead atoms. The molecule has 1 atom stereocenters. The van der Waals surface area contributed by atoms with Crippen LogP contribution in [0.25, 0.3) is 5.76 Å². The van der Waals surface area contributed by atoms with Crippen molar-refractivity contribution in [2.45, 2.75) is 65.3 Å². The van der Waals surface area contributed by atoms with Crippen molar-refractivity contribution in [3.8, 4) is 0 Å². The zero-order valence-corrected chi connectivity index (χ0v) is 19.5. The van der Waals surface area contributed by atoms with E-state index in [0.29, 0.717) is 17.7 Å². The number of likely N-dealkylation sites (tertiary alicyclic amines) is 1. The van der Waals surface area contributed by atoms with E-state index in [4.69, 9.17) is 0 Å². The normalized spacial score (nSPS) is 18.4. The molecule has 1 heterocycles. The number of aliphatic hydroxyl groups excluding tert-OH is 1. The Balaban J connectivity index is 2.19. The minimum atomic E-state index is -0.745. The maximum Gasteiger partial charge on any atom is 0.295 e. The molecule has 170 valence electrons. The third kappa shape index (κ3) is 4.62. The van der Waals surface area contributed by atoms with Crippen molar-refractivity contribution in [1.82, 2.24) is 4.90 Å². The zero-order valence-electron chi connectivity index (χ0n) is 19.5. The SMILES string of the molecule is CCCCCN1C(=O)C(=O)/C(=C(/O)c2cc(C(C)(C)C)ccc2C)C1c1ccc(F)cc1. The zero-order chi connectivity index (χ0) is 23.6. The Hall–Kier alpha value is -2.95. The Morgan fingerprint density at radius 3 is 2.31 bits per heavy atom. The average Bonchev–Trinajstić information content (AvgIpc) is 2.98. The van der Waals surface area contributed by atoms with Crippen molar-refractivity contribution < 1.29 is 19.1 Å². The fourth-order valence-corrected chi connectivity index (χ4v) is 4.12. The number of unbranched alkanes of at least 4 members (excludes halogenated alkanes) is 2. The van der Waals surface area contributed by atoms with Gasteiger partial charge in [-0.1, -0.05) is 64.8 Å². The third-order valence-corrected chi connectivity index (χ3v) is 6.09. The highest BCUT2D eigenvalue weighted by molar-refractivity contribution is 6.46. The van der Waals surface area contributed by atoms with Gasteiger partial charge in [0.05, 0.1) is 11.6 Å². The summed E-state index contributed by atoms with van der Waals surface area (Å²) in [7, 11) is 0. The third-order valence-electron chi connectivity index (χ3n) is 6.09. The van der Waals surface area contributed by atoms with E-state index in [1.54, 1.807) is 12.1 Å². The number of carbonyl (C=O) groups excluding carboxylic acids is 2. The van der Waals surface area contributed by atoms with Crippen molar-refractivity contribution in [1.29, 1.82) is 0 Å². The van der Waals surface area contributed by atoms with E-state index in [1.807, 2.05) is 25.1 Å². The minimum Gasteiger partial charge on any atom is -0.507 e. The monoisotopic (exact) mass is 437 g/mol. The summed E-state index contributed by atoms with van der Waals surface area (Å²) in [6, 6.07) is 10.8. The summed E-state index contributed by atoms with van der Waals surface area (Å²) < 4.78 is 13.6. The molecule has 0 aliphatic carbocycles. The molecule has 2 aromatic carbocycles. The number of ketones is 1. The Morgan fingerprint density at radius 1 is 1.06 bits per heavy atom. The lowest BCUT2D eigenvalue weighted by Gasteiger charge is -2.26. The van der Waals surface area contributed by atoms with Gasteiger partial charge in [-0.15, -0.1) is 0 Å². The molecule has 4 nitrogen and oxygen atoms in total. The number of rotatable bonds is 6. The van der Waals surface area contributed by atoms with E-state index in [2.05, 4.69) is 27.7 Å². The van der Waals surface area contributed by atoms with Crippen LogP contribution < -0.4 is 0 Å². The van der Waals surface area contributed by atoms with Crippen LogP contribution in [0.1, 0.15) is 75.3 Å². The van der Waals surface area contributed by atoms with Crippen molar-refractivity contribution >= 4 is 17.4 Å². The van der Waals surface area contributed by atoms with E-state index in [9.17, 15) is 19.1 Å². The first-order chi connectivity index (χ1) is 15.1. The summed E-state index contributed by atoms with van der Waals surface area (Å²) in [6.45, 7) is 10.6. The number of carbonyl (C=O) groups is 2. The number of nitrogens with zero attached hydrogens (tertiary/aromatic N) is 1. The predicted octanol–water partition coefficient (Wildman–Crippen LogP) is 6.04. The fourth-order valence-electron chi connectivity index (χ4n) is 4.12. The van der Waals surface area contributed by atoms with Crippen LogP contribution in [-0.4, -0.2) is 28.2 Å². The van der Waals surface area contributed by atoms with E-state index >= 15 is 0 Å². The molecule has 1 fully saturated rings. The lowest BCUT2D eigenvalue weighted by atomic mass is 9.84. The number of amides is 1. The molecular weight excluding hydrogens is 405 g/mol. The topological polar surface area (TPSA) is 57.6 Å². The molecule has 32 heavy (non-hydrogen) atoms. The van der Waals surface area contributed by atoms with Gasteiger partial charge in [-0.05, 0) is 53.6 Å². The van der Waals surface area contributed by atoms with Gasteiger partial charge in [-0.2, -0.15) is 0 Å². The highest BCUT2D eigenvalue weighted by Gasteiger charge is 2.45. The Bertz CT molecular complexity index is 1050. The van der Waals surface area contributed by atoms with Gasteiger partial charge in [0.1, 0.15) is 11.6 Å². The van der Waals surface area contributed by atoms with E-state index in [-0.39, 0.29) is 16.7 Å². The number of aliphatic hydroxyl groups is 1. The summed E-state index contributed by atoms with van der Waals surface area (Å²) in [5, 5.41) is 11.4. The molecule has 0 saturated carbocycles. The number of benzene rings is 2. The van der Waals surface area contributed by atoms with Gasteiger partial charge >= 0.3 is 0 Å². The number of halogens is 1. The minimum absolute atomic E-state index is 0.0623. The Labute approximate surface area is 189 Å². The molecule has 1 unspecified atom stereocenters. The molecule has 3 rings (SSSR count). The summed E-state index contributed by atoms with van der Waals surface area (Å²) in [6.07, 6.45) is 2.65. The van der Waals surface area contributed by atoms with Gasteiger partial charge in [0, 0.05) is 12.1 Å². The molecule has 0 radical (unpaired) electrons. The van der Waals surface area contributed by atoms with Crippen LogP contribution in [0.3, 0.4) is 0 Å². The van der Waals surface area contributed by atoms with Gasteiger partial charge < -0.3 is 10.0 Å². The molecular formula is C27H32FNO3. The quantitative estimate of drug-likeness (QED) is 0.259. The number of hydrogen-bond acceptors (Lipinski definition) is 3. The maximum atomic E-state index is 13.6. The molecule has 1 saturated heterocycles. The van der Waals surface area contributed by atoms with E-state index < -0.39 is 23.5 Å². The summed E-state index contributed by atoms with van der Waals surface area (Å²) in [4.78, 5) is 27.6. The maximum absolute atomic E-state index is 13.6. The summed E-state index contributed by atoms with van der Waals surface area (Å²) in [5.74, 6) is -1.90. The molecule has 5 heteroatoms. The molecule has 1 aliphatic heterocycles. The second kappa shape index (κ2) is 9.27. The van der Waals surface area contributed by atoms with Crippen LogP contribution in [0.2, 0.25) is 0 Å². The van der Waals surface area contributed by atoms with Gasteiger partial charge in [-0.3, -0.25) is 9.59 Å². The number of aryl methyl sites for hydroxylation is 1. The Kier molecular flexibility index (Phi) is 6.87. The molecule has 1 amide bonds. The largest absolute Gasteiger partial charge is 0.507 e. The first-order valence-corrected chi connectivity index (χ1v) is 11.2. The number of hydrogen-bond donors (Lipinski definition) is 1. The highest BCUT2D eigenvalue weighted by Crippen LogP contribution is 2.40. The molecule has 0 aromatic heterocycles. The lowest BCUT2D eigenvalue weighted by Crippen LogP contribution is -2.30. The predicted molar refractivity (Wildman–Crippen MR) is 125 cm³/mol. The van der Waals surface area contributed by atoms with E-state index in [1.165, 1.54) is 17.0 Å². The second-order valence-electron chi connectivity index (χ2n) is 9.53. The van der Waals surface area contributed by atoms with Gasteiger partial charge in [0.2, 0.25) is 0 Å². The molecule has 2 aromatic rings. The van der Waals surface area contributed by atoms with Crippen LogP contribution in [-0.2, 0) is 15.0 Å². The van der Waals surface area contributed by atoms with Crippen molar-refractivity contribution in [3.63, 3.8) is 0 Å². The van der Waals surface area contributed by atoms with Gasteiger partial charge in [0.15, 0.2) is 0 Å². The molecule has 1 aliphatic rings. The smallest absolute Gasteiger partial charge is 0.295 e. The highest BCUT2D eigenvalue weighted by atomic mass is 19.1. The van der Waals surface area contributed by atoms with E-state index in [0.717, 1.165) is 30.4 Å². The number of Topliss-reactive ketones (excluding diaryl/α,β-unsaturated/α-hetero) is 1. The first-order valence-electron chi connectivity index (χ1n) is 11.2. The standard InChI is InChI=1S/C27H32FNO3/c1-6-7-8-15-29-23(18-10-13-20(28)14-11-18)22(25(31)26(29)32)24(30)21-16-19(27(3,4)5)12-9-17(21)2/h9-14,16,23,30H,6-8,15H2,1-5H3/b24-22+. The van der Waals surface area contributed by atoms with Crippen LogP contribution in [0.15, 0.2) is 48.0 Å². The summed E-state index contributed by atoms with van der Waals surface area (Å²) >= 11 is 0. The fraction of sp³-hybridized carbons (Fsp3) is 0.407. The van der Waals surface area contributed by atoms with Gasteiger partial charge in [-0.25, -0.2) is 4.39 Å². The van der Waals surface area contributed by atoms with Crippen LogP contribution in [0, 0.1) is 12.7 Å². The first kappa shape index (κ1) is 23.7. The van der Waals surface area contributed by atoms with Crippen LogP contribution in [0.4, 0.5) is 4.39 Å².